The van der Waals surface area contributed by atoms with Gasteiger partial charge in [-0.25, -0.2) is 0 Å². The van der Waals surface area contributed by atoms with Crippen molar-refractivity contribution in [1.82, 2.24) is 4.90 Å². The first kappa shape index (κ1) is 13.9. The van der Waals surface area contributed by atoms with Gasteiger partial charge in [0.1, 0.15) is 5.75 Å². The Morgan fingerprint density at radius 2 is 1.80 bits per heavy atom. The second kappa shape index (κ2) is 6.15. The third-order valence-electron chi connectivity index (χ3n) is 4.10. The van der Waals surface area contributed by atoms with Crippen LogP contribution in [0.2, 0.25) is 0 Å². The van der Waals surface area contributed by atoms with E-state index in [2.05, 4.69) is 64.3 Å². The summed E-state index contributed by atoms with van der Waals surface area (Å²) in [5, 5.41) is 2.47. The Morgan fingerprint density at radius 1 is 1.10 bits per heavy atom. The number of halogens is 1. The van der Waals surface area contributed by atoms with Crippen LogP contribution in [-0.4, -0.2) is 31.6 Å². The van der Waals surface area contributed by atoms with E-state index < -0.39 is 0 Å². The standard InChI is InChI=1S/C17H20BrNO/c1-19-8-6-13(7-9-19)12-20-17-5-3-14-10-16(18)4-2-15(14)11-17/h2-5,10-11,13H,6-9,12H2,1H3. The summed E-state index contributed by atoms with van der Waals surface area (Å²) in [4.78, 5) is 2.39. The molecule has 3 heteroatoms. The molecular weight excluding hydrogens is 314 g/mol. The maximum atomic E-state index is 5.99. The Labute approximate surface area is 128 Å². The summed E-state index contributed by atoms with van der Waals surface area (Å²) in [7, 11) is 2.19. The van der Waals surface area contributed by atoms with Gasteiger partial charge in [0, 0.05) is 4.47 Å². The lowest BCUT2D eigenvalue weighted by Gasteiger charge is -2.28. The molecule has 0 radical (unpaired) electrons. The molecule has 2 aromatic rings. The number of ether oxygens (including phenoxy) is 1. The predicted octanol–water partition coefficient (Wildman–Crippen LogP) is 4.32. The number of likely N-dealkylation sites (tertiary alicyclic amines) is 1. The molecule has 106 valence electrons. The second-order valence-corrected chi connectivity index (χ2v) is 6.63. The first-order chi connectivity index (χ1) is 9.70. The van der Waals surface area contributed by atoms with Gasteiger partial charge in [-0.1, -0.05) is 28.1 Å². The van der Waals surface area contributed by atoms with Crippen molar-refractivity contribution in [1.29, 1.82) is 0 Å². The van der Waals surface area contributed by atoms with Crippen molar-refractivity contribution < 1.29 is 4.74 Å². The van der Waals surface area contributed by atoms with Gasteiger partial charge in [-0.3, -0.25) is 0 Å². The molecule has 0 bridgehead atoms. The van der Waals surface area contributed by atoms with Crippen molar-refractivity contribution in [3.8, 4) is 5.75 Å². The Morgan fingerprint density at radius 3 is 2.60 bits per heavy atom. The highest BCUT2D eigenvalue weighted by Gasteiger charge is 2.17. The van der Waals surface area contributed by atoms with E-state index in [1.54, 1.807) is 0 Å². The molecule has 20 heavy (non-hydrogen) atoms. The minimum atomic E-state index is 0.701. The average molecular weight is 334 g/mol. The van der Waals surface area contributed by atoms with Crippen LogP contribution >= 0.6 is 15.9 Å². The maximum absolute atomic E-state index is 5.99. The molecule has 2 nitrogen and oxygen atoms in total. The lowest BCUT2D eigenvalue weighted by atomic mass is 9.98. The summed E-state index contributed by atoms with van der Waals surface area (Å²) < 4.78 is 7.10. The topological polar surface area (TPSA) is 12.5 Å². The van der Waals surface area contributed by atoms with Crippen molar-refractivity contribution in [2.75, 3.05) is 26.7 Å². The molecule has 1 saturated heterocycles. The molecule has 1 fully saturated rings. The zero-order valence-corrected chi connectivity index (χ0v) is 13.4. The third kappa shape index (κ3) is 3.33. The molecule has 0 unspecified atom stereocenters. The van der Waals surface area contributed by atoms with E-state index in [-0.39, 0.29) is 0 Å². The van der Waals surface area contributed by atoms with E-state index in [9.17, 15) is 0 Å². The molecule has 0 N–H and O–H groups in total. The fourth-order valence-corrected chi connectivity index (χ4v) is 3.11. The number of piperidine rings is 1. The molecule has 2 aromatic carbocycles. The second-order valence-electron chi connectivity index (χ2n) is 5.71. The minimum absolute atomic E-state index is 0.701. The molecule has 0 amide bonds. The molecule has 0 aromatic heterocycles. The van der Waals surface area contributed by atoms with E-state index in [4.69, 9.17) is 4.74 Å². The van der Waals surface area contributed by atoms with Crippen LogP contribution < -0.4 is 4.74 Å². The van der Waals surface area contributed by atoms with Crippen molar-refractivity contribution in [3.05, 3.63) is 40.9 Å². The fraction of sp³-hybridized carbons (Fsp3) is 0.412. The van der Waals surface area contributed by atoms with Crippen molar-refractivity contribution in [2.24, 2.45) is 5.92 Å². The van der Waals surface area contributed by atoms with E-state index in [1.165, 1.54) is 36.7 Å². The molecule has 1 aliphatic rings. The van der Waals surface area contributed by atoms with Crippen LogP contribution in [0.1, 0.15) is 12.8 Å². The molecule has 0 spiro atoms. The van der Waals surface area contributed by atoms with Crippen LogP contribution in [0.15, 0.2) is 40.9 Å². The SMILES string of the molecule is CN1CCC(COc2ccc3cc(Br)ccc3c2)CC1. The summed E-state index contributed by atoms with van der Waals surface area (Å²) in [6, 6.07) is 12.7. The van der Waals surface area contributed by atoms with Crippen LogP contribution in [0.25, 0.3) is 10.8 Å². The predicted molar refractivity (Wildman–Crippen MR) is 87.4 cm³/mol. The maximum Gasteiger partial charge on any atom is 0.119 e. The van der Waals surface area contributed by atoms with Gasteiger partial charge < -0.3 is 9.64 Å². The zero-order chi connectivity index (χ0) is 13.9. The summed E-state index contributed by atoms with van der Waals surface area (Å²) in [6.07, 6.45) is 2.49. The number of rotatable bonds is 3. The molecule has 0 saturated carbocycles. The van der Waals surface area contributed by atoms with E-state index in [0.29, 0.717) is 5.92 Å². The van der Waals surface area contributed by atoms with Crippen molar-refractivity contribution >= 4 is 26.7 Å². The highest BCUT2D eigenvalue weighted by molar-refractivity contribution is 9.10. The van der Waals surface area contributed by atoms with Gasteiger partial charge >= 0.3 is 0 Å². The molecule has 1 aliphatic heterocycles. The highest BCUT2D eigenvalue weighted by atomic mass is 79.9. The first-order valence-corrected chi connectivity index (χ1v) is 8.01. The molecule has 0 aliphatic carbocycles. The Balaban J connectivity index is 1.64. The van der Waals surface area contributed by atoms with Crippen LogP contribution in [0.3, 0.4) is 0 Å². The van der Waals surface area contributed by atoms with E-state index >= 15 is 0 Å². The van der Waals surface area contributed by atoms with Crippen LogP contribution in [0, 0.1) is 5.92 Å². The molecular formula is C17H20BrNO. The fourth-order valence-electron chi connectivity index (χ4n) is 2.73. The van der Waals surface area contributed by atoms with Crippen molar-refractivity contribution in [2.45, 2.75) is 12.8 Å². The lowest BCUT2D eigenvalue weighted by Crippen LogP contribution is -2.32. The monoisotopic (exact) mass is 333 g/mol. The first-order valence-electron chi connectivity index (χ1n) is 7.21. The quantitative estimate of drug-likeness (QED) is 0.829. The van der Waals surface area contributed by atoms with Gasteiger partial charge in [-0.2, -0.15) is 0 Å². The van der Waals surface area contributed by atoms with E-state index in [1.807, 2.05) is 0 Å². The summed E-state index contributed by atoms with van der Waals surface area (Å²) in [5.74, 6) is 1.69. The van der Waals surface area contributed by atoms with Gasteiger partial charge in [-0.05, 0) is 73.9 Å². The summed E-state index contributed by atoms with van der Waals surface area (Å²) in [6.45, 7) is 3.23. The van der Waals surface area contributed by atoms with Crippen LogP contribution in [-0.2, 0) is 0 Å². The average Bonchev–Trinajstić information content (AvgIpc) is 2.46. The van der Waals surface area contributed by atoms with Crippen molar-refractivity contribution in [3.63, 3.8) is 0 Å². The number of hydrogen-bond acceptors (Lipinski definition) is 2. The van der Waals surface area contributed by atoms with Gasteiger partial charge in [0.25, 0.3) is 0 Å². The minimum Gasteiger partial charge on any atom is -0.493 e. The van der Waals surface area contributed by atoms with Gasteiger partial charge in [0.05, 0.1) is 6.61 Å². The van der Waals surface area contributed by atoms with Gasteiger partial charge in [0.2, 0.25) is 0 Å². The number of hydrogen-bond donors (Lipinski definition) is 0. The molecule has 1 heterocycles. The Kier molecular flexibility index (Phi) is 4.27. The Hall–Kier alpha value is -1.06. The third-order valence-corrected chi connectivity index (χ3v) is 4.59. The Bertz CT molecular complexity index is 591. The lowest BCUT2D eigenvalue weighted by molar-refractivity contribution is 0.160. The molecule has 0 atom stereocenters. The van der Waals surface area contributed by atoms with Gasteiger partial charge in [0.15, 0.2) is 0 Å². The smallest absolute Gasteiger partial charge is 0.119 e. The zero-order valence-electron chi connectivity index (χ0n) is 11.8. The normalized spacial score (nSPS) is 17.5. The summed E-state index contributed by atoms with van der Waals surface area (Å²) in [5.41, 5.74) is 0. The number of nitrogens with zero attached hydrogens (tertiary/aromatic N) is 1. The van der Waals surface area contributed by atoms with Gasteiger partial charge in [-0.15, -0.1) is 0 Å². The number of benzene rings is 2. The highest BCUT2D eigenvalue weighted by Crippen LogP contribution is 2.25. The van der Waals surface area contributed by atoms with E-state index in [0.717, 1.165) is 16.8 Å². The summed E-state index contributed by atoms with van der Waals surface area (Å²) >= 11 is 3.50. The van der Waals surface area contributed by atoms with Crippen LogP contribution in [0.5, 0.6) is 5.75 Å². The largest absolute Gasteiger partial charge is 0.493 e. The molecule has 3 rings (SSSR count). The van der Waals surface area contributed by atoms with Crippen LogP contribution in [0.4, 0.5) is 0 Å². The number of fused-ring (bicyclic) bond motifs is 1.